The first-order valence-electron chi connectivity index (χ1n) is 11.5. The molecule has 0 atom stereocenters. The summed E-state index contributed by atoms with van der Waals surface area (Å²) in [5.74, 6) is 1.87. The Morgan fingerprint density at radius 1 is 0.970 bits per heavy atom. The lowest BCUT2D eigenvalue weighted by atomic mass is 10.1. The van der Waals surface area contributed by atoms with Crippen molar-refractivity contribution in [3.05, 3.63) is 59.7 Å². The normalized spacial score (nSPS) is 17.5. The van der Waals surface area contributed by atoms with Crippen molar-refractivity contribution in [3.63, 3.8) is 0 Å². The Labute approximate surface area is 214 Å². The van der Waals surface area contributed by atoms with E-state index in [1.54, 1.807) is 7.11 Å². The van der Waals surface area contributed by atoms with Crippen LogP contribution in [0.1, 0.15) is 11.1 Å². The van der Waals surface area contributed by atoms with Gasteiger partial charge in [-0.15, -0.1) is 24.0 Å². The van der Waals surface area contributed by atoms with Gasteiger partial charge in [-0.2, -0.15) is 0 Å². The zero-order valence-corrected chi connectivity index (χ0v) is 22.0. The van der Waals surface area contributed by atoms with Gasteiger partial charge in [-0.05, 0) is 23.3 Å². The van der Waals surface area contributed by atoms with Crippen LogP contribution >= 0.6 is 24.0 Å². The molecule has 2 saturated heterocycles. The SMILES string of the molecule is CN=C(NCc1cccc(CN2CCOCC2)c1)N1CCN(c2cccc(OC)c2)CC1.I. The Hall–Kier alpha value is -2.04. The van der Waals surface area contributed by atoms with Crippen LogP contribution in [0.25, 0.3) is 0 Å². The van der Waals surface area contributed by atoms with Gasteiger partial charge in [-0.25, -0.2) is 0 Å². The van der Waals surface area contributed by atoms with E-state index in [4.69, 9.17) is 9.47 Å². The third-order valence-corrected chi connectivity index (χ3v) is 6.16. The first-order valence-corrected chi connectivity index (χ1v) is 11.5. The molecule has 2 aliphatic rings. The molecule has 0 aromatic heterocycles. The lowest BCUT2D eigenvalue weighted by Gasteiger charge is -2.37. The van der Waals surface area contributed by atoms with Gasteiger partial charge in [0.1, 0.15) is 5.75 Å². The van der Waals surface area contributed by atoms with Gasteiger partial charge >= 0.3 is 0 Å². The molecule has 1 N–H and O–H groups in total. The van der Waals surface area contributed by atoms with Gasteiger partial charge in [0.25, 0.3) is 0 Å². The Balaban J connectivity index is 0.00000306. The molecule has 180 valence electrons. The fourth-order valence-electron chi connectivity index (χ4n) is 4.35. The van der Waals surface area contributed by atoms with Crippen LogP contribution in [0, 0.1) is 0 Å². The van der Waals surface area contributed by atoms with Gasteiger partial charge in [0.05, 0.1) is 20.3 Å². The topological polar surface area (TPSA) is 52.6 Å². The smallest absolute Gasteiger partial charge is 0.194 e. The Kier molecular flexibility index (Phi) is 10.1. The number of benzene rings is 2. The molecule has 2 aliphatic heterocycles. The van der Waals surface area contributed by atoms with E-state index in [2.05, 4.69) is 61.4 Å². The molecule has 2 aromatic rings. The Morgan fingerprint density at radius 2 is 1.70 bits per heavy atom. The number of morpholine rings is 1. The number of methoxy groups -OCH3 is 1. The quantitative estimate of drug-likeness (QED) is 0.330. The second-order valence-electron chi connectivity index (χ2n) is 8.28. The molecule has 7 nitrogen and oxygen atoms in total. The van der Waals surface area contributed by atoms with Crippen molar-refractivity contribution in [2.24, 2.45) is 4.99 Å². The zero-order valence-electron chi connectivity index (χ0n) is 19.7. The standard InChI is InChI=1S/C25H35N5O2.HI/c1-26-25(30-11-9-29(10-12-30)23-7-4-8-24(18-23)31-2)27-19-21-5-3-6-22(17-21)20-28-13-15-32-16-14-28;/h3-8,17-18H,9-16,19-20H2,1-2H3,(H,26,27);1H. The number of halogens is 1. The van der Waals surface area contributed by atoms with E-state index in [1.165, 1.54) is 16.8 Å². The second-order valence-corrected chi connectivity index (χ2v) is 8.28. The van der Waals surface area contributed by atoms with Gasteiger partial charge in [0.2, 0.25) is 0 Å². The molecule has 2 fully saturated rings. The number of ether oxygens (including phenoxy) is 2. The van der Waals surface area contributed by atoms with Crippen molar-refractivity contribution in [3.8, 4) is 5.75 Å². The first kappa shape index (κ1) is 25.6. The molecule has 33 heavy (non-hydrogen) atoms. The molecule has 0 spiro atoms. The number of aliphatic imine (C=N–C) groups is 1. The highest BCUT2D eigenvalue weighted by Crippen LogP contribution is 2.22. The number of rotatable bonds is 6. The summed E-state index contributed by atoms with van der Waals surface area (Å²) in [5, 5.41) is 3.56. The van der Waals surface area contributed by atoms with Gasteiger partial charge in [-0.3, -0.25) is 9.89 Å². The minimum atomic E-state index is 0. The highest BCUT2D eigenvalue weighted by molar-refractivity contribution is 14.0. The molecule has 0 aliphatic carbocycles. The van der Waals surface area contributed by atoms with E-state index in [0.717, 1.165) is 77.3 Å². The van der Waals surface area contributed by atoms with Crippen molar-refractivity contribution in [1.29, 1.82) is 0 Å². The highest BCUT2D eigenvalue weighted by atomic mass is 127. The first-order chi connectivity index (χ1) is 15.7. The number of hydrogen-bond acceptors (Lipinski definition) is 5. The van der Waals surface area contributed by atoms with Gasteiger partial charge < -0.3 is 24.6 Å². The molecule has 8 heteroatoms. The summed E-state index contributed by atoms with van der Waals surface area (Å²) in [4.78, 5) is 11.7. The average Bonchev–Trinajstić information content (AvgIpc) is 2.86. The van der Waals surface area contributed by atoms with Crippen molar-refractivity contribution in [1.82, 2.24) is 15.1 Å². The number of piperazine rings is 1. The van der Waals surface area contributed by atoms with Crippen molar-refractivity contribution in [2.45, 2.75) is 13.1 Å². The lowest BCUT2D eigenvalue weighted by molar-refractivity contribution is 0.0342. The van der Waals surface area contributed by atoms with Gasteiger partial charge in [-0.1, -0.05) is 30.3 Å². The largest absolute Gasteiger partial charge is 0.497 e. The number of nitrogens with zero attached hydrogens (tertiary/aromatic N) is 4. The second kappa shape index (κ2) is 13.0. The summed E-state index contributed by atoms with van der Waals surface area (Å²) in [6.07, 6.45) is 0. The van der Waals surface area contributed by atoms with E-state index in [0.29, 0.717) is 0 Å². The summed E-state index contributed by atoms with van der Waals surface area (Å²) in [6.45, 7) is 9.25. The van der Waals surface area contributed by atoms with Crippen LogP contribution in [-0.4, -0.2) is 82.4 Å². The number of nitrogens with one attached hydrogen (secondary N) is 1. The summed E-state index contributed by atoms with van der Waals surface area (Å²) >= 11 is 0. The van der Waals surface area contributed by atoms with Crippen LogP contribution in [0.2, 0.25) is 0 Å². The van der Waals surface area contributed by atoms with Crippen LogP contribution in [-0.2, 0) is 17.8 Å². The van der Waals surface area contributed by atoms with Crippen LogP contribution in [0.15, 0.2) is 53.5 Å². The van der Waals surface area contributed by atoms with Crippen LogP contribution in [0.5, 0.6) is 5.75 Å². The number of anilines is 1. The Bertz CT molecular complexity index is 896. The summed E-state index contributed by atoms with van der Waals surface area (Å²) in [5.41, 5.74) is 3.85. The fraction of sp³-hybridized carbons (Fsp3) is 0.480. The minimum absolute atomic E-state index is 0. The average molecular weight is 566 g/mol. The molecular weight excluding hydrogens is 529 g/mol. The van der Waals surface area contributed by atoms with Crippen LogP contribution < -0.4 is 15.0 Å². The third kappa shape index (κ3) is 7.22. The predicted octanol–water partition coefficient (Wildman–Crippen LogP) is 3.04. The molecule has 0 saturated carbocycles. The fourth-order valence-corrected chi connectivity index (χ4v) is 4.35. The van der Waals surface area contributed by atoms with E-state index in [9.17, 15) is 0 Å². The summed E-state index contributed by atoms with van der Waals surface area (Å²) in [6, 6.07) is 17.1. The van der Waals surface area contributed by atoms with Crippen molar-refractivity contribution >= 4 is 35.6 Å². The molecule has 0 radical (unpaired) electrons. The molecule has 0 amide bonds. The van der Waals surface area contributed by atoms with E-state index >= 15 is 0 Å². The molecule has 0 bridgehead atoms. The Morgan fingerprint density at radius 3 is 2.42 bits per heavy atom. The minimum Gasteiger partial charge on any atom is -0.497 e. The van der Waals surface area contributed by atoms with Crippen molar-refractivity contribution in [2.75, 3.05) is 71.5 Å². The van der Waals surface area contributed by atoms with Crippen LogP contribution in [0.4, 0.5) is 5.69 Å². The highest BCUT2D eigenvalue weighted by Gasteiger charge is 2.20. The maximum Gasteiger partial charge on any atom is 0.194 e. The van der Waals surface area contributed by atoms with E-state index in [-0.39, 0.29) is 24.0 Å². The molecular formula is C25H36IN5O2. The third-order valence-electron chi connectivity index (χ3n) is 6.16. The molecule has 2 aromatic carbocycles. The summed E-state index contributed by atoms with van der Waals surface area (Å²) in [7, 11) is 3.58. The van der Waals surface area contributed by atoms with E-state index < -0.39 is 0 Å². The molecule has 2 heterocycles. The maximum absolute atomic E-state index is 5.46. The number of hydrogen-bond donors (Lipinski definition) is 1. The van der Waals surface area contributed by atoms with Crippen LogP contribution in [0.3, 0.4) is 0 Å². The molecule has 0 unspecified atom stereocenters. The number of guanidine groups is 1. The van der Waals surface area contributed by atoms with Gasteiger partial charge in [0, 0.05) is 71.2 Å². The van der Waals surface area contributed by atoms with Crippen molar-refractivity contribution < 1.29 is 9.47 Å². The predicted molar refractivity (Wildman–Crippen MR) is 145 cm³/mol. The molecule has 4 rings (SSSR count). The summed E-state index contributed by atoms with van der Waals surface area (Å²) < 4.78 is 10.8. The lowest BCUT2D eigenvalue weighted by Crippen LogP contribution is -2.52. The maximum atomic E-state index is 5.46. The monoisotopic (exact) mass is 565 g/mol. The van der Waals surface area contributed by atoms with Gasteiger partial charge in [0.15, 0.2) is 5.96 Å². The van der Waals surface area contributed by atoms with E-state index in [1.807, 2.05) is 19.2 Å². The zero-order chi connectivity index (χ0) is 22.2.